The van der Waals surface area contributed by atoms with Crippen LogP contribution >= 0.6 is 11.6 Å². The van der Waals surface area contributed by atoms with Crippen LogP contribution in [0.2, 0.25) is 5.02 Å². The Morgan fingerprint density at radius 1 is 1.00 bits per heavy atom. The van der Waals surface area contributed by atoms with Crippen molar-refractivity contribution in [2.75, 3.05) is 26.6 Å². The van der Waals surface area contributed by atoms with E-state index in [0.29, 0.717) is 28.0 Å². The van der Waals surface area contributed by atoms with E-state index in [1.54, 1.807) is 25.3 Å². The largest absolute Gasteiger partial charge is 0.496 e. The molecule has 1 amide bonds. The molecule has 132 valence electrons. The van der Waals surface area contributed by atoms with Gasteiger partial charge in [-0.2, -0.15) is 0 Å². The van der Waals surface area contributed by atoms with E-state index >= 15 is 0 Å². The molecule has 0 saturated carbocycles. The van der Waals surface area contributed by atoms with Crippen LogP contribution in [0.15, 0.2) is 36.4 Å². The molecule has 0 spiro atoms. The van der Waals surface area contributed by atoms with E-state index in [4.69, 9.17) is 25.8 Å². The molecule has 2 aromatic carbocycles. The van der Waals surface area contributed by atoms with E-state index in [-0.39, 0.29) is 5.91 Å². The lowest BCUT2D eigenvalue weighted by Crippen LogP contribution is -2.09. The fourth-order valence-electron chi connectivity index (χ4n) is 2.28. The topological polar surface area (TPSA) is 56.8 Å². The molecule has 0 aliphatic heterocycles. The zero-order chi connectivity index (χ0) is 18.4. The molecule has 0 bridgehead atoms. The second-order valence-corrected chi connectivity index (χ2v) is 5.66. The van der Waals surface area contributed by atoms with E-state index in [0.717, 1.165) is 11.1 Å². The molecule has 2 aromatic rings. The van der Waals surface area contributed by atoms with E-state index < -0.39 is 0 Å². The number of aryl methyl sites for hydroxylation is 1. The number of carbonyl (C=O) groups excluding carboxylic acids is 1. The van der Waals surface area contributed by atoms with Crippen molar-refractivity contribution in [2.45, 2.75) is 6.92 Å². The monoisotopic (exact) mass is 361 g/mol. The lowest BCUT2D eigenvalue weighted by Gasteiger charge is -2.12. The number of amides is 1. The third kappa shape index (κ3) is 4.67. The number of anilines is 1. The maximum atomic E-state index is 12.2. The van der Waals surface area contributed by atoms with Crippen LogP contribution in [-0.2, 0) is 4.79 Å². The van der Waals surface area contributed by atoms with Crippen LogP contribution in [0.4, 0.5) is 5.69 Å². The van der Waals surface area contributed by atoms with Gasteiger partial charge in [0.1, 0.15) is 17.2 Å². The molecule has 0 unspecified atom stereocenters. The number of ether oxygens (including phenoxy) is 3. The number of hydrogen-bond acceptors (Lipinski definition) is 4. The van der Waals surface area contributed by atoms with Gasteiger partial charge in [0.05, 0.1) is 32.0 Å². The first-order valence-corrected chi connectivity index (χ1v) is 7.91. The van der Waals surface area contributed by atoms with Crippen molar-refractivity contribution in [3.63, 3.8) is 0 Å². The van der Waals surface area contributed by atoms with Gasteiger partial charge in [-0.15, -0.1) is 0 Å². The minimum absolute atomic E-state index is 0.317. The molecule has 5 nitrogen and oxygen atoms in total. The van der Waals surface area contributed by atoms with Crippen molar-refractivity contribution < 1.29 is 19.0 Å². The van der Waals surface area contributed by atoms with Crippen LogP contribution in [0.5, 0.6) is 17.2 Å². The van der Waals surface area contributed by atoms with Gasteiger partial charge < -0.3 is 19.5 Å². The van der Waals surface area contributed by atoms with Gasteiger partial charge in [-0.25, -0.2) is 0 Å². The van der Waals surface area contributed by atoms with Crippen LogP contribution in [0.1, 0.15) is 11.1 Å². The van der Waals surface area contributed by atoms with Crippen LogP contribution < -0.4 is 19.5 Å². The molecule has 0 fully saturated rings. The highest BCUT2D eigenvalue weighted by Gasteiger charge is 2.11. The maximum Gasteiger partial charge on any atom is 0.248 e. The summed E-state index contributed by atoms with van der Waals surface area (Å²) in [5, 5.41) is 3.12. The van der Waals surface area contributed by atoms with Gasteiger partial charge in [-0.05, 0) is 31.2 Å². The molecule has 0 atom stereocenters. The van der Waals surface area contributed by atoms with Crippen molar-refractivity contribution >= 4 is 29.3 Å². The minimum Gasteiger partial charge on any atom is -0.496 e. The molecule has 6 heteroatoms. The molecule has 0 saturated heterocycles. The highest BCUT2D eigenvalue weighted by molar-refractivity contribution is 6.32. The second-order valence-electron chi connectivity index (χ2n) is 5.26. The zero-order valence-corrected chi connectivity index (χ0v) is 15.3. The predicted octanol–water partition coefficient (Wildman–Crippen LogP) is 4.33. The number of rotatable bonds is 6. The lowest BCUT2D eigenvalue weighted by atomic mass is 10.1. The minimum atomic E-state index is -0.317. The Morgan fingerprint density at radius 2 is 1.68 bits per heavy atom. The quantitative estimate of drug-likeness (QED) is 0.778. The Hall–Kier alpha value is -2.66. The number of hydrogen-bond donors (Lipinski definition) is 1. The van der Waals surface area contributed by atoms with Crippen molar-refractivity contribution in [2.24, 2.45) is 0 Å². The molecule has 0 heterocycles. The van der Waals surface area contributed by atoms with E-state index in [1.807, 2.05) is 25.1 Å². The summed E-state index contributed by atoms with van der Waals surface area (Å²) < 4.78 is 15.7. The fourth-order valence-corrected chi connectivity index (χ4v) is 2.52. The Morgan fingerprint density at radius 3 is 2.32 bits per heavy atom. The summed E-state index contributed by atoms with van der Waals surface area (Å²) in [4.78, 5) is 12.2. The van der Waals surface area contributed by atoms with E-state index in [9.17, 15) is 4.79 Å². The number of halogens is 1. The molecular weight excluding hydrogens is 342 g/mol. The Balaban J connectivity index is 2.20. The Bertz CT molecular complexity index is 802. The first-order chi connectivity index (χ1) is 12.0. The highest BCUT2D eigenvalue weighted by atomic mass is 35.5. The first kappa shape index (κ1) is 18.7. The van der Waals surface area contributed by atoms with Gasteiger partial charge in [-0.3, -0.25) is 4.79 Å². The van der Waals surface area contributed by atoms with Crippen molar-refractivity contribution in [3.8, 4) is 17.2 Å². The number of nitrogens with one attached hydrogen (secondary N) is 1. The molecule has 2 rings (SSSR count). The molecule has 1 N–H and O–H groups in total. The van der Waals surface area contributed by atoms with Gasteiger partial charge in [0.15, 0.2) is 0 Å². The predicted molar refractivity (Wildman–Crippen MR) is 100.0 cm³/mol. The third-order valence-corrected chi connectivity index (χ3v) is 3.83. The lowest BCUT2D eigenvalue weighted by molar-refractivity contribution is -0.111. The molecule has 0 aromatic heterocycles. The van der Waals surface area contributed by atoms with Crippen molar-refractivity contribution in [3.05, 3.63) is 52.6 Å². The van der Waals surface area contributed by atoms with Gasteiger partial charge in [0.25, 0.3) is 0 Å². The molecule has 0 radical (unpaired) electrons. The highest BCUT2D eigenvalue weighted by Crippen LogP contribution is 2.35. The molecular formula is C19H20ClNO4. The van der Waals surface area contributed by atoms with Gasteiger partial charge >= 0.3 is 0 Å². The van der Waals surface area contributed by atoms with Gasteiger partial charge in [-0.1, -0.05) is 23.2 Å². The summed E-state index contributed by atoms with van der Waals surface area (Å²) in [6, 6.07) is 8.94. The maximum absolute atomic E-state index is 12.2. The summed E-state index contributed by atoms with van der Waals surface area (Å²) in [6.07, 6.45) is 3.12. The van der Waals surface area contributed by atoms with Crippen molar-refractivity contribution in [1.82, 2.24) is 0 Å². The second kappa shape index (κ2) is 8.44. The summed E-state index contributed by atoms with van der Waals surface area (Å²) in [5.74, 6) is 1.30. The zero-order valence-electron chi connectivity index (χ0n) is 14.6. The normalized spacial score (nSPS) is 10.6. The van der Waals surface area contributed by atoms with Gasteiger partial charge in [0, 0.05) is 17.7 Å². The average molecular weight is 362 g/mol. The van der Waals surface area contributed by atoms with Crippen LogP contribution in [0, 0.1) is 6.92 Å². The Labute approximate surface area is 152 Å². The van der Waals surface area contributed by atoms with Crippen LogP contribution in [0.25, 0.3) is 6.08 Å². The first-order valence-electron chi connectivity index (χ1n) is 7.53. The molecule has 25 heavy (non-hydrogen) atoms. The number of benzene rings is 2. The van der Waals surface area contributed by atoms with E-state index in [1.165, 1.54) is 20.3 Å². The Kier molecular flexibility index (Phi) is 6.31. The van der Waals surface area contributed by atoms with Gasteiger partial charge in [0.2, 0.25) is 5.91 Å². The molecule has 0 aliphatic carbocycles. The smallest absolute Gasteiger partial charge is 0.248 e. The summed E-state index contributed by atoms with van der Waals surface area (Å²) in [7, 11) is 4.61. The summed E-state index contributed by atoms with van der Waals surface area (Å²) in [5.41, 5.74) is 2.35. The van der Waals surface area contributed by atoms with Crippen molar-refractivity contribution in [1.29, 1.82) is 0 Å². The fraction of sp³-hybridized carbons (Fsp3) is 0.211. The number of methoxy groups -OCH3 is 3. The third-order valence-electron chi connectivity index (χ3n) is 3.53. The standard InChI is InChI=1S/C19H20ClNO4/c1-12-5-7-16(23-2)13(9-12)6-8-19(22)21-15-10-14(20)17(24-3)11-18(15)25-4/h5-11H,1-4H3,(H,21,22)/b8-6+. The van der Waals surface area contributed by atoms with E-state index in [2.05, 4.69) is 5.32 Å². The average Bonchev–Trinajstić information content (AvgIpc) is 2.60. The van der Waals surface area contributed by atoms with Crippen LogP contribution in [0.3, 0.4) is 0 Å². The SMILES string of the molecule is COc1cc(OC)c(NC(=O)/C=C/c2cc(C)ccc2OC)cc1Cl. The summed E-state index contributed by atoms with van der Waals surface area (Å²) >= 11 is 6.11. The summed E-state index contributed by atoms with van der Waals surface area (Å²) in [6.45, 7) is 1.97. The molecule has 0 aliphatic rings. The number of carbonyl (C=O) groups is 1. The van der Waals surface area contributed by atoms with Crippen LogP contribution in [-0.4, -0.2) is 27.2 Å².